The third-order valence-corrected chi connectivity index (χ3v) is 3.93. The molecule has 3 nitrogen and oxygen atoms in total. The van der Waals surface area contributed by atoms with Crippen molar-refractivity contribution in [1.82, 2.24) is 4.98 Å². The van der Waals surface area contributed by atoms with Crippen molar-refractivity contribution in [2.24, 2.45) is 5.41 Å². The number of benzene rings is 1. The molecule has 0 N–H and O–H groups in total. The highest BCUT2D eigenvalue weighted by molar-refractivity contribution is 7.17. The number of hydrogen-bond donors (Lipinski definition) is 0. The lowest BCUT2D eigenvalue weighted by Crippen LogP contribution is -2.28. The highest BCUT2D eigenvalue weighted by atomic mass is 32.1. The third kappa shape index (κ3) is 3.45. The van der Waals surface area contributed by atoms with E-state index in [1.54, 1.807) is 0 Å². The van der Waals surface area contributed by atoms with Crippen LogP contribution in [0.15, 0.2) is 30.3 Å². The summed E-state index contributed by atoms with van der Waals surface area (Å²) >= 11 is 1.45. The molecule has 0 unspecified atom stereocenters. The molecular formula is C16H20N2OS. The molecule has 106 valence electrons. The topological polar surface area (TPSA) is 33.2 Å². The Morgan fingerprint density at radius 2 is 1.90 bits per heavy atom. The second-order valence-corrected chi connectivity index (χ2v) is 7.12. The first-order chi connectivity index (χ1) is 9.40. The van der Waals surface area contributed by atoms with Gasteiger partial charge in [-0.25, -0.2) is 4.98 Å². The molecular weight excluding hydrogens is 268 g/mol. The molecule has 20 heavy (non-hydrogen) atoms. The second-order valence-electron chi connectivity index (χ2n) is 6.11. The van der Waals surface area contributed by atoms with Crippen LogP contribution in [0.5, 0.6) is 0 Å². The van der Waals surface area contributed by atoms with Crippen LogP contribution in [0.3, 0.4) is 0 Å². The fourth-order valence-electron chi connectivity index (χ4n) is 2.15. The Morgan fingerprint density at radius 3 is 2.45 bits per heavy atom. The first-order valence-corrected chi connectivity index (χ1v) is 7.45. The quantitative estimate of drug-likeness (QED) is 0.794. The van der Waals surface area contributed by atoms with Gasteiger partial charge in [0.15, 0.2) is 11.4 Å². The van der Waals surface area contributed by atoms with Crippen molar-refractivity contribution in [2.45, 2.75) is 20.8 Å². The minimum absolute atomic E-state index is 0.189. The molecule has 0 saturated heterocycles. The summed E-state index contributed by atoms with van der Waals surface area (Å²) in [7, 11) is 2.02. The number of carbonyl (C=O) groups excluding carboxylic acids is 1. The molecule has 0 atom stereocenters. The van der Waals surface area contributed by atoms with E-state index in [2.05, 4.69) is 30.7 Å². The predicted octanol–water partition coefficient (Wildman–Crippen LogP) is 4.10. The number of nitrogens with zero attached hydrogens (tertiary/aromatic N) is 2. The molecule has 2 rings (SSSR count). The van der Waals surface area contributed by atoms with Crippen LogP contribution in [0.25, 0.3) is 11.3 Å². The summed E-state index contributed by atoms with van der Waals surface area (Å²) in [6.45, 7) is 7.47. The zero-order chi connectivity index (χ0) is 14.8. The van der Waals surface area contributed by atoms with Crippen molar-refractivity contribution in [3.05, 3.63) is 35.2 Å². The van der Waals surface area contributed by atoms with Crippen LogP contribution in [0.4, 0.5) is 5.13 Å². The molecule has 0 aliphatic carbocycles. The van der Waals surface area contributed by atoms with Crippen molar-refractivity contribution in [1.29, 1.82) is 0 Å². The van der Waals surface area contributed by atoms with E-state index in [9.17, 15) is 4.79 Å². The van der Waals surface area contributed by atoms with Gasteiger partial charge in [0, 0.05) is 19.2 Å². The molecule has 1 aromatic carbocycles. The van der Waals surface area contributed by atoms with Gasteiger partial charge in [-0.2, -0.15) is 0 Å². The lowest BCUT2D eigenvalue weighted by Gasteiger charge is -2.26. The summed E-state index contributed by atoms with van der Waals surface area (Å²) < 4.78 is 0. The van der Waals surface area contributed by atoms with E-state index in [-0.39, 0.29) is 5.41 Å². The summed E-state index contributed by atoms with van der Waals surface area (Å²) in [5.74, 6) is 0. The smallest absolute Gasteiger partial charge is 0.186 e. The lowest BCUT2D eigenvalue weighted by atomic mass is 9.96. The average molecular weight is 288 g/mol. The number of anilines is 1. The van der Waals surface area contributed by atoms with Gasteiger partial charge in [-0.1, -0.05) is 62.4 Å². The Kier molecular flexibility index (Phi) is 4.23. The fraction of sp³-hybridized carbons (Fsp3) is 0.375. The third-order valence-electron chi connectivity index (χ3n) is 2.83. The van der Waals surface area contributed by atoms with E-state index in [1.807, 2.05) is 37.4 Å². The van der Waals surface area contributed by atoms with Gasteiger partial charge < -0.3 is 4.90 Å². The SMILES string of the molecule is CN(CC(C)(C)C)c1nc(-c2ccccc2)c(C=O)s1. The number of aldehydes is 1. The Hall–Kier alpha value is -1.68. The highest BCUT2D eigenvalue weighted by Gasteiger charge is 2.19. The van der Waals surface area contributed by atoms with Gasteiger partial charge >= 0.3 is 0 Å². The van der Waals surface area contributed by atoms with Gasteiger partial charge in [0.25, 0.3) is 0 Å². The average Bonchev–Trinajstić information content (AvgIpc) is 2.82. The second kappa shape index (κ2) is 5.75. The number of aromatic nitrogens is 1. The number of hydrogen-bond acceptors (Lipinski definition) is 4. The molecule has 1 heterocycles. The zero-order valence-electron chi connectivity index (χ0n) is 12.4. The van der Waals surface area contributed by atoms with Crippen molar-refractivity contribution >= 4 is 22.8 Å². The van der Waals surface area contributed by atoms with E-state index < -0.39 is 0 Å². The largest absolute Gasteiger partial charge is 0.351 e. The Bertz CT molecular complexity index is 584. The minimum atomic E-state index is 0.189. The first kappa shape index (κ1) is 14.7. The molecule has 0 amide bonds. The van der Waals surface area contributed by atoms with Gasteiger partial charge in [-0.3, -0.25) is 4.79 Å². The van der Waals surface area contributed by atoms with Crippen LogP contribution >= 0.6 is 11.3 Å². The van der Waals surface area contributed by atoms with Crippen LogP contribution in [0.1, 0.15) is 30.4 Å². The standard InChI is InChI=1S/C16H20N2OS/c1-16(2,3)11-18(4)15-17-14(13(10-19)20-15)12-8-6-5-7-9-12/h5-10H,11H2,1-4H3. The van der Waals surface area contributed by atoms with Gasteiger partial charge in [0.2, 0.25) is 0 Å². The lowest BCUT2D eigenvalue weighted by molar-refractivity contribution is 0.112. The van der Waals surface area contributed by atoms with Crippen molar-refractivity contribution in [2.75, 3.05) is 18.5 Å². The Morgan fingerprint density at radius 1 is 1.25 bits per heavy atom. The van der Waals surface area contributed by atoms with E-state index in [4.69, 9.17) is 0 Å². The van der Waals surface area contributed by atoms with Crippen LogP contribution < -0.4 is 4.90 Å². The van der Waals surface area contributed by atoms with E-state index in [0.717, 1.165) is 29.2 Å². The maximum absolute atomic E-state index is 11.3. The van der Waals surface area contributed by atoms with Crippen molar-refractivity contribution < 1.29 is 4.79 Å². The molecule has 1 aromatic heterocycles. The van der Waals surface area contributed by atoms with E-state index >= 15 is 0 Å². The summed E-state index contributed by atoms with van der Waals surface area (Å²) in [5.41, 5.74) is 1.96. The van der Waals surface area contributed by atoms with E-state index in [1.165, 1.54) is 11.3 Å². The summed E-state index contributed by atoms with van der Waals surface area (Å²) in [5, 5.41) is 0.890. The zero-order valence-corrected chi connectivity index (χ0v) is 13.2. The normalized spacial score (nSPS) is 11.4. The van der Waals surface area contributed by atoms with Gasteiger partial charge in [-0.05, 0) is 5.41 Å². The number of rotatable bonds is 4. The van der Waals surface area contributed by atoms with Crippen molar-refractivity contribution in [3.8, 4) is 11.3 Å². The minimum Gasteiger partial charge on any atom is -0.351 e. The summed E-state index contributed by atoms with van der Waals surface area (Å²) in [6, 6.07) is 9.85. The first-order valence-electron chi connectivity index (χ1n) is 6.63. The summed E-state index contributed by atoms with van der Waals surface area (Å²) in [6.07, 6.45) is 0.897. The molecule has 0 spiro atoms. The van der Waals surface area contributed by atoms with Crippen molar-refractivity contribution in [3.63, 3.8) is 0 Å². The van der Waals surface area contributed by atoms with Gasteiger partial charge in [0.05, 0.1) is 10.6 Å². The Balaban J connectivity index is 2.34. The molecule has 2 aromatic rings. The highest BCUT2D eigenvalue weighted by Crippen LogP contribution is 2.32. The van der Waals surface area contributed by atoms with E-state index in [0.29, 0.717) is 4.88 Å². The molecule has 0 aliphatic rings. The van der Waals surface area contributed by atoms with Gasteiger partial charge in [-0.15, -0.1) is 0 Å². The number of carbonyl (C=O) groups is 1. The van der Waals surface area contributed by atoms with Crippen LogP contribution in [0.2, 0.25) is 0 Å². The fourth-order valence-corrected chi connectivity index (χ4v) is 3.01. The molecule has 0 aliphatic heterocycles. The van der Waals surface area contributed by atoms with Gasteiger partial charge in [0.1, 0.15) is 0 Å². The van der Waals surface area contributed by atoms with Crippen LogP contribution in [-0.2, 0) is 0 Å². The monoisotopic (exact) mass is 288 g/mol. The molecule has 0 fully saturated rings. The molecule has 0 saturated carbocycles. The number of thiazole rings is 1. The summed E-state index contributed by atoms with van der Waals surface area (Å²) in [4.78, 5) is 18.7. The molecule has 0 radical (unpaired) electrons. The van der Waals surface area contributed by atoms with Crippen LogP contribution in [-0.4, -0.2) is 24.9 Å². The molecule has 4 heteroatoms. The molecule has 0 bridgehead atoms. The maximum Gasteiger partial charge on any atom is 0.186 e. The predicted molar refractivity (Wildman–Crippen MR) is 85.7 cm³/mol. The Labute approximate surface area is 124 Å². The van der Waals surface area contributed by atoms with Crippen LogP contribution in [0, 0.1) is 5.41 Å². The maximum atomic E-state index is 11.3.